The first-order chi connectivity index (χ1) is 11.8. The molecule has 0 aliphatic carbocycles. The normalized spacial score (nSPS) is 15.5. The number of benzene rings is 1. The van der Waals surface area contributed by atoms with Crippen LogP contribution in [0.5, 0.6) is 0 Å². The van der Waals surface area contributed by atoms with Crippen LogP contribution >= 0.6 is 0 Å². The van der Waals surface area contributed by atoms with Crippen LogP contribution in [0.2, 0.25) is 0 Å². The third-order valence-corrected chi connectivity index (χ3v) is 4.45. The monoisotopic (exact) mass is 369 g/mol. The summed E-state index contributed by atoms with van der Waals surface area (Å²) < 4.78 is 29.7. The smallest absolute Gasteiger partial charge is 0.321 e. The van der Waals surface area contributed by atoms with E-state index in [1.165, 1.54) is 0 Å². The lowest BCUT2D eigenvalue weighted by molar-refractivity contribution is -0.149. The number of amides is 2. The van der Waals surface area contributed by atoms with Crippen molar-refractivity contribution in [3.05, 3.63) is 24.3 Å². The van der Waals surface area contributed by atoms with Crippen LogP contribution in [0, 0.1) is 5.92 Å². The molecule has 0 unspecified atom stereocenters. The Balaban J connectivity index is 1.85. The van der Waals surface area contributed by atoms with Crippen LogP contribution in [0.15, 0.2) is 24.3 Å². The minimum atomic E-state index is -3.33. The van der Waals surface area contributed by atoms with Crippen LogP contribution < -0.4 is 10.0 Å². The number of rotatable bonds is 5. The molecule has 1 fully saturated rings. The summed E-state index contributed by atoms with van der Waals surface area (Å²) in [6.07, 6.45) is 2.25. The summed E-state index contributed by atoms with van der Waals surface area (Å²) in [5, 5.41) is 2.76. The van der Waals surface area contributed by atoms with Gasteiger partial charge >= 0.3 is 12.0 Å². The van der Waals surface area contributed by atoms with Gasteiger partial charge in [0.25, 0.3) is 0 Å². The van der Waals surface area contributed by atoms with Gasteiger partial charge in [-0.05, 0) is 44.0 Å². The molecule has 0 radical (unpaired) electrons. The van der Waals surface area contributed by atoms with E-state index in [1.54, 1.807) is 36.1 Å². The number of nitrogens with one attached hydrogen (secondary N) is 2. The zero-order chi connectivity index (χ0) is 18.4. The molecule has 1 aliphatic heterocycles. The van der Waals surface area contributed by atoms with Gasteiger partial charge in [-0.3, -0.25) is 9.52 Å². The molecule has 9 heteroatoms. The number of esters is 1. The first-order valence-electron chi connectivity index (χ1n) is 8.09. The summed E-state index contributed by atoms with van der Waals surface area (Å²) in [7, 11) is -3.33. The van der Waals surface area contributed by atoms with Crippen LogP contribution in [0.25, 0.3) is 0 Å². The molecular weight excluding hydrogens is 346 g/mol. The van der Waals surface area contributed by atoms with Crippen molar-refractivity contribution in [3.8, 4) is 0 Å². The Morgan fingerprint density at radius 3 is 2.24 bits per heavy atom. The van der Waals surface area contributed by atoms with Crippen molar-refractivity contribution in [2.75, 3.05) is 36.0 Å². The molecule has 0 aromatic heterocycles. The van der Waals surface area contributed by atoms with Gasteiger partial charge < -0.3 is 15.0 Å². The Bertz CT molecular complexity index is 710. The largest absolute Gasteiger partial charge is 0.466 e. The van der Waals surface area contributed by atoms with E-state index in [0.29, 0.717) is 43.9 Å². The first kappa shape index (κ1) is 19.0. The van der Waals surface area contributed by atoms with E-state index in [9.17, 15) is 18.0 Å². The molecule has 8 nitrogen and oxygen atoms in total. The molecule has 1 aliphatic rings. The Morgan fingerprint density at radius 1 is 1.16 bits per heavy atom. The quantitative estimate of drug-likeness (QED) is 0.771. The van der Waals surface area contributed by atoms with Gasteiger partial charge in [-0.1, -0.05) is 0 Å². The highest BCUT2D eigenvalue weighted by Gasteiger charge is 2.28. The van der Waals surface area contributed by atoms with Crippen molar-refractivity contribution in [2.24, 2.45) is 5.92 Å². The second-order valence-corrected chi connectivity index (χ2v) is 7.64. The lowest BCUT2D eigenvalue weighted by Gasteiger charge is -2.30. The number of piperidine rings is 1. The van der Waals surface area contributed by atoms with Crippen LogP contribution in [0.3, 0.4) is 0 Å². The lowest BCUT2D eigenvalue weighted by atomic mass is 9.97. The summed E-state index contributed by atoms with van der Waals surface area (Å²) in [4.78, 5) is 25.6. The summed E-state index contributed by atoms with van der Waals surface area (Å²) in [6, 6.07) is 6.15. The van der Waals surface area contributed by atoms with Crippen molar-refractivity contribution < 1.29 is 22.7 Å². The number of ether oxygens (including phenoxy) is 1. The maximum atomic E-state index is 12.3. The van der Waals surface area contributed by atoms with E-state index in [0.717, 1.165) is 6.26 Å². The van der Waals surface area contributed by atoms with Crippen LogP contribution in [-0.4, -0.2) is 51.3 Å². The molecule has 1 saturated heterocycles. The average molecular weight is 369 g/mol. The van der Waals surface area contributed by atoms with E-state index in [4.69, 9.17) is 4.74 Å². The molecule has 0 saturated carbocycles. The molecule has 1 aromatic rings. The molecule has 1 heterocycles. The Morgan fingerprint density at radius 2 is 1.72 bits per heavy atom. The number of sulfonamides is 1. The number of hydrogen-bond acceptors (Lipinski definition) is 5. The highest BCUT2D eigenvalue weighted by Crippen LogP contribution is 2.20. The predicted molar refractivity (Wildman–Crippen MR) is 94.9 cm³/mol. The molecule has 2 amide bonds. The Kier molecular flexibility index (Phi) is 6.24. The fraction of sp³-hybridized carbons (Fsp3) is 0.500. The molecule has 2 N–H and O–H groups in total. The minimum Gasteiger partial charge on any atom is -0.466 e. The fourth-order valence-electron chi connectivity index (χ4n) is 2.62. The van der Waals surface area contributed by atoms with Gasteiger partial charge in [-0.15, -0.1) is 0 Å². The number of nitrogens with zero attached hydrogens (tertiary/aromatic N) is 1. The van der Waals surface area contributed by atoms with Gasteiger partial charge in [-0.25, -0.2) is 13.2 Å². The van der Waals surface area contributed by atoms with Crippen LogP contribution in [0.4, 0.5) is 16.2 Å². The number of hydrogen-bond donors (Lipinski definition) is 2. The number of anilines is 2. The summed E-state index contributed by atoms with van der Waals surface area (Å²) in [5.74, 6) is -0.345. The minimum absolute atomic E-state index is 0.148. The van der Waals surface area contributed by atoms with Crippen molar-refractivity contribution >= 4 is 33.4 Å². The van der Waals surface area contributed by atoms with E-state index in [2.05, 4.69) is 10.0 Å². The highest BCUT2D eigenvalue weighted by molar-refractivity contribution is 7.92. The SMILES string of the molecule is CCOC(=O)C1CCN(C(=O)Nc2ccc(NS(C)(=O)=O)cc2)CC1. The third kappa shape index (κ3) is 5.93. The molecule has 25 heavy (non-hydrogen) atoms. The topological polar surface area (TPSA) is 105 Å². The van der Waals surface area contributed by atoms with E-state index < -0.39 is 10.0 Å². The summed E-state index contributed by atoms with van der Waals surface area (Å²) >= 11 is 0. The van der Waals surface area contributed by atoms with Gasteiger partial charge in [0.05, 0.1) is 18.8 Å². The second kappa shape index (κ2) is 8.19. The van der Waals surface area contributed by atoms with Gasteiger partial charge in [0.15, 0.2) is 0 Å². The number of urea groups is 1. The van der Waals surface area contributed by atoms with Crippen molar-refractivity contribution in [1.29, 1.82) is 0 Å². The van der Waals surface area contributed by atoms with Crippen molar-refractivity contribution in [1.82, 2.24) is 4.90 Å². The van der Waals surface area contributed by atoms with Crippen LogP contribution in [-0.2, 0) is 19.6 Å². The first-order valence-corrected chi connectivity index (χ1v) is 9.98. The molecule has 0 atom stereocenters. The summed E-state index contributed by atoms with van der Waals surface area (Å²) in [6.45, 7) is 3.12. The van der Waals surface area contributed by atoms with Gasteiger partial charge in [0.2, 0.25) is 10.0 Å². The standard InChI is InChI=1S/C16H23N3O5S/c1-3-24-15(20)12-8-10-19(11-9-12)16(21)17-13-4-6-14(7-5-13)18-25(2,22)23/h4-7,12,18H,3,8-11H2,1-2H3,(H,17,21). The number of likely N-dealkylation sites (tertiary alicyclic amines) is 1. The van der Waals surface area contributed by atoms with Crippen molar-refractivity contribution in [2.45, 2.75) is 19.8 Å². The molecule has 0 bridgehead atoms. The molecule has 138 valence electrons. The highest BCUT2D eigenvalue weighted by atomic mass is 32.2. The maximum Gasteiger partial charge on any atom is 0.321 e. The molecular formula is C16H23N3O5S. The van der Waals surface area contributed by atoms with Gasteiger partial charge in [-0.2, -0.15) is 0 Å². The summed E-state index contributed by atoms with van der Waals surface area (Å²) in [5.41, 5.74) is 0.993. The third-order valence-electron chi connectivity index (χ3n) is 3.84. The zero-order valence-corrected chi connectivity index (χ0v) is 15.1. The van der Waals surface area contributed by atoms with E-state index in [1.807, 2.05) is 0 Å². The average Bonchev–Trinajstić information content (AvgIpc) is 2.55. The number of carbonyl (C=O) groups excluding carboxylic acids is 2. The molecule has 0 spiro atoms. The Hall–Kier alpha value is -2.29. The maximum absolute atomic E-state index is 12.3. The van der Waals surface area contributed by atoms with Gasteiger partial charge in [0, 0.05) is 24.5 Å². The van der Waals surface area contributed by atoms with Gasteiger partial charge in [0.1, 0.15) is 0 Å². The second-order valence-electron chi connectivity index (χ2n) is 5.90. The number of carbonyl (C=O) groups is 2. The molecule has 1 aromatic carbocycles. The van der Waals surface area contributed by atoms with E-state index >= 15 is 0 Å². The molecule has 2 rings (SSSR count). The van der Waals surface area contributed by atoms with E-state index in [-0.39, 0.29) is 17.9 Å². The lowest BCUT2D eigenvalue weighted by Crippen LogP contribution is -2.42. The van der Waals surface area contributed by atoms with Crippen LogP contribution in [0.1, 0.15) is 19.8 Å². The van der Waals surface area contributed by atoms with Crippen molar-refractivity contribution in [3.63, 3.8) is 0 Å². The predicted octanol–water partition coefficient (Wildman–Crippen LogP) is 1.87. The zero-order valence-electron chi connectivity index (χ0n) is 14.3. The fourth-order valence-corrected chi connectivity index (χ4v) is 3.18. The Labute approximate surface area is 147 Å².